The molecule has 1 aliphatic carbocycles. The largest absolute Gasteiger partial charge is 0.481 e. The van der Waals surface area contributed by atoms with Gasteiger partial charge in [0.05, 0.1) is 0 Å². The van der Waals surface area contributed by atoms with Gasteiger partial charge < -0.3 is 15.0 Å². The van der Waals surface area contributed by atoms with Gasteiger partial charge in [0.2, 0.25) is 0 Å². The monoisotopic (exact) mass is 394 g/mol. The summed E-state index contributed by atoms with van der Waals surface area (Å²) in [6.45, 7) is 11.3. The molecule has 1 aromatic carbocycles. The van der Waals surface area contributed by atoms with E-state index in [9.17, 15) is 4.79 Å². The Morgan fingerprint density at radius 2 is 1.74 bits per heavy atom. The Bertz CT molecular complexity index is 600. The first-order chi connectivity index (χ1) is 12.3. The first-order valence-electron chi connectivity index (χ1n) is 10.1. The lowest BCUT2D eigenvalue weighted by Gasteiger charge is -2.34. The van der Waals surface area contributed by atoms with Crippen LogP contribution in [-0.2, 0) is 10.2 Å². The van der Waals surface area contributed by atoms with E-state index in [4.69, 9.17) is 4.74 Å². The quantitative estimate of drug-likeness (QED) is 0.787. The number of halogens is 1. The third-order valence-corrected chi connectivity index (χ3v) is 5.58. The summed E-state index contributed by atoms with van der Waals surface area (Å²) < 4.78 is 5.90. The maximum atomic E-state index is 12.7. The van der Waals surface area contributed by atoms with E-state index in [0.717, 1.165) is 44.1 Å². The molecule has 0 spiro atoms. The fourth-order valence-electron chi connectivity index (χ4n) is 3.50. The van der Waals surface area contributed by atoms with Gasteiger partial charge >= 0.3 is 0 Å². The summed E-state index contributed by atoms with van der Waals surface area (Å²) in [5.74, 6) is 1.78. The summed E-state index contributed by atoms with van der Waals surface area (Å²) in [6, 6.07) is 8.69. The van der Waals surface area contributed by atoms with Crippen LogP contribution in [0.1, 0.15) is 58.9 Å². The van der Waals surface area contributed by atoms with Crippen LogP contribution < -0.4 is 10.1 Å². The van der Waals surface area contributed by atoms with Gasteiger partial charge in [0, 0.05) is 19.1 Å². The van der Waals surface area contributed by atoms with Crippen LogP contribution in [0.3, 0.4) is 0 Å². The summed E-state index contributed by atoms with van der Waals surface area (Å²) in [7, 11) is 0. The van der Waals surface area contributed by atoms with Crippen LogP contribution in [-0.4, -0.2) is 42.6 Å². The number of carbonyl (C=O) groups excluding carboxylic acids is 1. The van der Waals surface area contributed by atoms with Crippen LogP contribution in [0.25, 0.3) is 0 Å². The molecule has 0 aromatic heterocycles. The standard InChI is InChI=1S/C22H34N2O2.ClH/c1-16(26-20-9-7-18(8-10-20)22(2,3)4)21(25)24-13-11-19(12-14-24)23-15-17-5-6-17;/h7-10,16-17,19,23H,5-6,11-15H2,1-4H3;1H. The molecule has 0 bridgehead atoms. The Hall–Kier alpha value is -1.26. The number of ether oxygens (including phenoxy) is 1. The van der Waals surface area contributed by atoms with E-state index >= 15 is 0 Å². The van der Waals surface area contributed by atoms with Gasteiger partial charge in [-0.25, -0.2) is 0 Å². The van der Waals surface area contributed by atoms with Crippen LogP contribution in [0, 0.1) is 5.92 Å². The smallest absolute Gasteiger partial charge is 0.263 e. The van der Waals surface area contributed by atoms with Crippen LogP contribution in [0.2, 0.25) is 0 Å². The summed E-state index contributed by atoms with van der Waals surface area (Å²) in [5.41, 5.74) is 1.39. The lowest BCUT2D eigenvalue weighted by molar-refractivity contribution is -0.139. The number of rotatable bonds is 6. The fourth-order valence-corrected chi connectivity index (χ4v) is 3.50. The molecule has 1 aromatic rings. The van der Waals surface area contributed by atoms with Gasteiger partial charge in [0.15, 0.2) is 6.10 Å². The third kappa shape index (κ3) is 6.39. The molecule has 1 heterocycles. The zero-order valence-electron chi connectivity index (χ0n) is 17.2. The van der Waals surface area contributed by atoms with Gasteiger partial charge in [-0.2, -0.15) is 0 Å². The molecule has 0 radical (unpaired) electrons. The predicted molar refractivity (Wildman–Crippen MR) is 113 cm³/mol. The molecule has 1 atom stereocenters. The number of hydrogen-bond acceptors (Lipinski definition) is 3. The Morgan fingerprint density at radius 3 is 2.26 bits per heavy atom. The molecule has 1 saturated carbocycles. The van der Waals surface area contributed by atoms with E-state index in [1.807, 2.05) is 24.0 Å². The second-order valence-corrected chi connectivity index (χ2v) is 8.99. The van der Waals surface area contributed by atoms with Crippen LogP contribution >= 0.6 is 12.4 Å². The van der Waals surface area contributed by atoms with Crippen molar-refractivity contribution in [3.05, 3.63) is 29.8 Å². The first kappa shape index (κ1) is 22.0. The molecular weight excluding hydrogens is 360 g/mol. The molecule has 1 saturated heterocycles. The highest BCUT2D eigenvalue weighted by Gasteiger charge is 2.28. The van der Waals surface area contributed by atoms with E-state index < -0.39 is 6.10 Å². The maximum Gasteiger partial charge on any atom is 0.263 e. The minimum atomic E-state index is -0.438. The van der Waals surface area contributed by atoms with Gasteiger partial charge in [0.1, 0.15) is 5.75 Å². The van der Waals surface area contributed by atoms with E-state index in [2.05, 4.69) is 38.2 Å². The van der Waals surface area contributed by atoms with Crippen molar-refractivity contribution in [2.45, 2.75) is 70.9 Å². The highest BCUT2D eigenvalue weighted by atomic mass is 35.5. The van der Waals surface area contributed by atoms with Crippen molar-refractivity contribution in [3.8, 4) is 5.75 Å². The Balaban J connectivity index is 0.00000261. The third-order valence-electron chi connectivity index (χ3n) is 5.58. The van der Waals surface area contributed by atoms with Gasteiger partial charge in [-0.15, -0.1) is 12.4 Å². The van der Waals surface area contributed by atoms with Crippen molar-refractivity contribution in [3.63, 3.8) is 0 Å². The number of piperidine rings is 1. The number of nitrogens with one attached hydrogen (secondary N) is 1. The Morgan fingerprint density at radius 1 is 1.15 bits per heavy atom. The second kappa shape index (κ2) is 9.29. The minimum absolute atomic E-state index is 0. The highest BCUT2D eigenvalue weighted by molar-refractivity contribution is 5.85. The lowest BCUT2D eigenvalue weighted by atomic mass is 9.87. The molecule has 1 amide bonds. The van der Waals surface area contributed by atoms with Crippen molar-refractivity contribution < 1.29 is 9.53 Å². The summed E-state index contributed by atoms with van der Waals surface area (Å²) in [4.78, 5) is 14.7. The Kier molecular flexibility index (Phi) is 7.58. The zero-order chi connectivity index (χ0) is 18.7. The van der Waals surface area contributed by atoms with E-state index in [0.29, 0.717) is 6.04 Å². The van der Waals surface area contributed by atoms with Gasteiger partial charge in [-0.1, -0.05) is 32.9 Å². The Labute approximate surface area is 170 Å². The number of amides is 1. The SMILES string of the molecule is CC(Oc1ccc(C(C)(C)C)cc1)C(=O)N1CCC(NCC2CC2)CC1.Cl. The minimum Gasteiger partial charge on any atom is -0.481 e. The van der Waals surface area contributed by atoms with E-state index in [-0.39, 0.29) is 23.7 Å². The number of likely N-dealkylation sites (tertiary alicyclic amines) is 1. The number of carbonyl (C=O) groups is 1. The molecule has 152 valence electrons. The molecule has 1 aliphatic heterocycles. The summed E-state index contributed by atoms with van der Waals surface area (Å²) >= 11 is 0. The molecule has 27 heavy (non-hydrogen) atoms. The van der Waals surface area contributed by atoms with Gasteiger partial charge in [-0.05, 0) is 68.2 Å². The van der Waals surface area contributed by atoms with E-state index in [1.54, 1.807) is 0 Å². The molecule has 2 fully saturated rings. The fraction of sp³-hybridized carbons (Fsp3) is 0.682. The molecule has 1 unspecified atom stereocenters. The second-order valence-electron chi connectivity index (χ2n) is 8.99. The van der Waals surface area contributed by atoms with Crippen molar-refractivity contribution in [2.75, 3.05) is 19.6 Å². The zero-order valence-corrected chi connectivity index (χ0v) is 18.0. The molecular formula is C22H35ClN2O2. The van der Waals surface area contributed by atoms with Gasteiger partial charge in [-0.3, -0.25) is 4.79 Å². The van der Waals surface area contributed by atoms with Crippen molar-refractivity contribution in [1.82, 2.24) is 10.2 Å². The number of benzene rings is 1. The highest BCUT2D eigenvalue weighted by Crippen LogP contribution is 2.28. The topological polar surface area (TPSA) is 41.6 Å². The molecule has 3 rings (SSSR count). The van der Waals surface area contributed by atoms with Crippen molar-refractivity contribution in [1.29, 1.82) is 0 Å². The maximum absolute atomic E-state index is 12.7. The van der Waals surface area contributed by atoms with E-state index in [1.165, 1.54) is 18.4 Å². The van der Waals surface area contributed by atoms with Crippen LogP contribution in [0.4, 0.5) is 0 Å². The average molecular weight is 395 g/mol. The average Bonchev–Trinajstić information content (AvgIpc) is 3.44. The van der Waals surface area contributed by atoms with Crippen LogP contribution in [0.5, 0.6) is 5.75 Å². The first-order valence-corrected chi connectivity index (χ1v) is 10.1. The normalized spacial score (nSPS) is 19.3. The molecule has 5 heteroatoms. The summed E-state index contributed by atoms with van der Waals surface area (Å²) in [5, 5.41) is 3.66. The molecule has 4 nitrogen and oxygen atoms in total. The number of hydrogen-bond donors (Lipinski definition) is 1. The van der Waals surface area contributed by atoms with Gasteiger partial charge in [0.25, 0.3) is 5.91 Å². The lowest BCUT2D eigenvalue weighted by Crippen LogP contribution is -2.48. The number of nitrogens with zero attached hydrogens (tertiary/aromatic N) is 1. The van der Waals surface area contributed by atoms with Crippen molar-refractivity contribution >= 4 is 18.3 Å². The van der Waals surface area contributed by atoms with Crippen LogP contribution in [0.15, 0.2) is 24.3 Å². The van der Waals surface area contributed by atoms with Crippen molar-refractivity contribution in [2.24, 2.45) is 5.92 Å². The molecule has 1 N–H and O–H groups in total. The molecule has 2 aliphatic rings. The predicted octanol–water partition coefficient (Wildman–Crippen LogP) is 4.16. The summed E-state index contributed by atoms with van der Waals surface area (Å²) in [6.07, 6.45) is 4.43.